The molecule has 0 radical (unpaired) electrons. The molecule has 1 unspecified atom stereocenters. The highest BCUT2D eigenvalue weighted by Crippen LogP contribution is 2.46. The monoisotopic (exact) mass is 556 g/mol. The lowest BCUT2D eigenvalue weighted by molar-refractivity contribution is -0.150. The van der Waals surface area contributed by atoms with Crippen molar-refractivity contribution in [1.82, 2.24) is 4.57 Å². The Bertz CT molecular complexity index is 1550. The predicted octanol–water partition coefficient (Wildman–Crippen LogP) is 6.83. The molecule has 0 aliphatic carbocycles. The van der Waals surface area contributed by atoms with Crippen LogP contribution in [-0.4, -0.2) is 32.4 Å². The molecule has 41 heavy (non-hydrogen) atoms. The Labute approximate surface area is 238 Å². The first kappa shape index (κ1) is 29.4. The summed E-state index contributed by atoms with van der Waals surface area (Å²) in [5, 5.41) is 24.4. The van der Waals surface area contributed by atoms with Crippen LogP contribution in [0, 0.1) is 5.82 Å². The van der Waals surface area contributed by atoms with Crippen molar-refractivity contribution in [2.24, 2.45) is 0 Å². The first-order valence-corrected chi connectivity index (χ1v) is 13.5. The molecule has 0 saturated carbocycles. The van der Waals surface area contributed by atoms with Crippen molar-refractivity contribution in [3.05, 3.63) is 102 Å². The van der Waals surface area contributed by atoms with E-state index in [2.05, 4.69) is 5.32 Å². The number of Topliss-reactive ketones (excluding diaryl/α,β-unsaturated/α-hetero) is 1. The summed E-state index contributed by atoms with van der Waals surface area (Å²) in [5.74, 6) is -3.75. The van der Waals surface area contributed by atoms with Crippen LogP contribution in [0.1, 0.15) is 62.0 Å². The normalized spacial score (nSPS) is 12.6. The minimum Gasteiger partial charge on any atom is -0.476 e. The number of aliphatic hydroxyl groups is 1. The van der Waals surface area contributed by atoms with Gasteiger partial charge in [0.2, 0.25) is 5.78 Å². The number of ketones is 1. The zero-order chi connectivity index (χ0) is 29.7. The van der Waals surface area contributed by atoms with Crippen LogP contribution in [0.4, 0.5) is 10.1 Å². The molecule has 0 fully saturated rings. The number of hydrogen-bond acceptors (Lipinski definition) is 4. The topological polar surface area (TPSA) is 109 Å². The molecular formula is C33H33FN2O5. The second kappa shape index (κ2) is 12.3. The van der Waals surface area contributed by atoms with E-state index in [1.165, 1.54) is 12.1 Å². The summed E-state index contributed by atoms with van der Waals surface area (Å²) in [6.07, 6.45) is -0.508. The Morgan fingerprint density at radius 3 is 2.02 bits per heavy atom. The van der Waals surface area contributed by atoms with Gasteiger partial charge in [-0.1, -0.05) is 69.3 Å². The molecule has 0 aliphatic heterocycles. The average molecular weight is 557 g/mol. The van der Waals surface area contributed by atoms with Crippen molar-refractivity contribution in [3.8, 4) is 22.4 Å². The molecule has 4 aromatic rings. The molecule has 1 atom stereocenters. The van der Waals surface area contributed by atoms with Gasteiger partial charge in [-0.15, -0.1) is 0 Å². The van der Waals surface area contributed by atoms with Crippen LogP contribution in [0.3, 0.4) is 0 Å². The standard InChI is InChI=1S/C33H33FN2O5/c1-4-33(41,20-19-26(37)32(39)40)36-29(21(2)3)28(31(38)35-25-13-9-6-10-14-25)27(22-11-7-5-8-12-22)30(36)23-15-17-24(34)18-16-23/h5-18,21,41H,4,19-20H2,1-3H3,(H,35,38)(H,39,40). The van der Waals surface area contributed by atoms with Crippen molar-refractivity contribution in [3.63, 3.8) is 0 Å². The molecule has 0 aliphatic rings. The number of nitrogens with one attached hydrogen (secondary N) is 1. The summed E-state index contributed by atoms with van der Waals surface area (Å²) in [6, 6.07) is 24.0. The molecule has 3 aromatic carbocycles. The number of rotatable bonds is 11. The molecule has 0 saturated heterocycles. The van der Waals surface area contributed by atoms with Crippen molar-refractivity contribution in [1.29, 1.82) is 0 Å². The largest absolute Gasteiger partial charge is 0.476 e. The summed E-state index contributed by atoms with van der Waals surface area (Å²) in [7, 11) is 0. The fourth-order valence-electron chi connectivity index (χ4n) is 5.15. The maximum atomic E-state index is 14.2. The summed E-state index contributed by atoms with van der Waals surface area (Å²) in [6.45, 7) is 5.52. The van der Waals surface area contributed by atoms with Crippen LogP contribution in [-0.2, 0) is 15.3 Å². The lowest BCUT2D eigenvalue weighted by Crippen LogP contribution is -2.36. The first-order valence-electron chi connectivity index (χ1n) is 13.5. The number of halogens is 1. The van der Waals surface area contributed by atoms with Crippen molar-refractivity contribution < 1.29 is 29.0 Å². The van der Waals surface area contributed by atoms with E-state index in [1.54, 1.807) is 35.8 Å². The van der Waals surface area contributed by atoms with Crippen molar-refractivity contribution in [2.45, 2.75) is 51.7 Å². The highest BCUT2D eigenvalue weighted by Gasteiger charge is 2.39. The van der Waals surface area contributed by atoms with Gasteiger partial charge in [-0.3, -0.25) is 9.59 Å². The number of benzene rings is 3. The number of carboxylic acid groups (broad SMARTS) is 1. The molecule has 212 valence electrons. The van der Waals surface area contributed by atoms with Crippen LogP contribution in [0.2, 0.25) is 0 Å². The fourth-order valence-corrected chi connectivity index (χ4v) is 5.15. The number of carbonyl (C=O) groups excluding carboxylic acids is 2. The summed E-state index contributed by atoms with van der Waals surface area (Å²) in [5.41, 5.74) is 1.90. The van der Waals surface area contributed by atoms with Gasteiger partial charge in [-0.25, -0.2) is 9.18 Å². The summed E-state index contributed by atoms with van der Waals surface area (Å²) in [4.78, 5) is 37.6. The number of amides is 1. The lowest BCUT2D eigenvalue weighted by Gasteiger charge is -2.34. The SMILES string of the molecule is CCC(O)(CCC(=O)C(=O)O)n1c(-c2ccc(F)cc2)c(-c2ccccc2)c(C(=O)Nc2ccccc2)c1C(C)C. The van der Waals surface area contributed by atoms with Gasteiger partial charge in [0, 0.05) is 29.8 Å². The Kier molecular flexibility index (Phi) is 8.83. The van der Waals surface area contributed by atoms with E-state index in [0.717, 1.165) is 0 Å². The van der Waals surface area contributed by atoms with E-state index >= 15 is 0 Å². The first-order chi connectivity index (χ1) is 19.6. The van der Waals surface area contributed by atoms with Crippen LogP contribution >= 0.6 is 0 Å². The number of hydrogen-bond donors (Lipinski definition) is 3. The maximum Gasteiger partial charge on any atom is 0.372 e. The predicted molar refractivity (Wildman–Crippen MR) is 156 cm³/mol. The van der Waals surface area contributed by atoms with Crippen LogP contribution in [0.5, 0.6) is 0 Å². The Morgan fingerprint density at radius 2 is 1.49 bits per heavy atom. The molecule has 3 N–H and O–H groups in total. The number of nitrogens with zero attached hydrogens (tertiary/aromatic N) is 1. The van der Waals surface area contributed by atoms with Crippen LogP contribution < -0.4 is 5.32 Å². The molecule has 4 rings (SSSR count). The quantitative estimate of drug-likeness (QED) is 0.176. The minimum atomic E-state index is -1.75. The van der Waals surface area contributed by atoms with Gasteiger partial charge in [0.15, 0.2) is 0 Å². The van der Waals surface area contributed by atoms with E-state index < -0.39 is 35.6 Å². The number of aliphatic carboxylic acids is 1. The van der Waals surface area contributed by atoms with Gasteiger partial charge in [0.25, 0.3) is 5.91 Å². The number of anilines is 1. The van der Waals surface area contributed by atoms with Gasteiger partial charge in [-0.05, 0) is 59.9 Å². The molecule has 0 bridgehead atoms. The zero-order valence-electron chi connectivity index (χ0n) is 23.2. The van der Waals surface area contributed by atoms with Gasteiger partial charge in [0.05, 0.1) is 11.3 Å². The average Bonchev–Trinajstić information content (AvgIpc) is 3.34. The van der Waals surface area contributed by atoms with E-state index in [0.29, 0.717) is 39.3 Å². The highest BCUT2D eigenvalue weighted by molar-refractivity contribution is 6.32. The third kappa shape index (κ3) is 6.12. The van der Waals surface area contributed by atoms with Gasteiger partial charge in [0.1, 0.15) is 11.5 Å². The van der Waals surface area contributed by atoms with E-state index in [4.69, 9.17) is 0 Å². The molecular weight excluding hydrogens is 523 g/mol. The minimum absolute atomic E-state index is 0.108. The maximum absolute atomic E-state index is 14.2. The molecule has 8 heteroatoms. The lowest BCUT2D eigenvalue weighted by atomic mass is 9.94. The van der Waals surface area contributed by atoms with Crippen LogP contribution in [0.25, 0.3) is 22.4 Å². The Morgan fingerprint density at radius 1 is 0.902 bits per heavy atom. The third-order valence-corrected chi connectivity index (χ3v) is 7.17. The van der Waals surface area contributed by atoms with E-state index in [9.17, 15) is 29.0 Å². The third-order valence-electron chi connectivity index (χ3n) is 7.17. The van der Waals surface area contributed by atoms with E-state index in [-0.39, 0.29) is 18.8 Å². The molecule has 7 nitrogen and oxygen atoms in total. The fraction of sp³-hybridized carbons (Fsp3) is 0.242. The van der Waals surface area contributed by atoms with Crippen molar-refractivity contribution in [2.75, 3.05) is 5.32 Å². The number of carboxylic acids is 1. The van der Waals surface area contributed by atoms with Crippen molar-refractivity contribution >= 4 is 23.3 Å². The second-order valence-electron chi connectivity index (χ2n) is 10.2. The molecule has 0 spiro atoms. The van der Waals surface area contributed by atoms with Gasteiger partial charge < -0.3 is 20.1 Å². The zero-order valence-corrected chi connectivity index (χ0v) is 23.2. The molecule has 1 amide bonds. The smallest absolute Gasteiger partial charge is 0.372 e. The summed E-state index contributed by atoms with van der Waals surface area (Å²) >= 11 is 0. The Balaban J connectivity index is 2.10. The number of carbonyl (C=O) groups is 3. The van der Waals surface area contributed by atoms with Crippen LogP contribution in [0.15, 0.2) is 84.9 Å². The van der Waals surface area contributed by atoms with Gasteiger partial charge in [-0.2, -0.15) is 0 Å². The highest BCUT2D eigenvalue weighted by atomic mass is 19.1. The number of para-hydroxylation sites is 1. The molecule has 1 aromatic heterocycles. The molecule has 1 heterocycles. The van der Waals surface area contributed by atoms with Gasteiger partial charge >= 0.3 is 5.97 Å². The van der Waals surface area contributed by atoms with E-state index in [1.807, 2.05) is 62.4 Å². The second-order valence-corrected chi connectivity index (χ2v) is 10.2. The number of aromatic nitrogens is 1. The summed E-state index contributed by atoms with van der Waals surface area (Å²) < 4.78 is 15.7. The Hall–Kier alpha value is -4.56.